The van der Waals surface area contributed by atoms with Crippen molar-refractivity contribution >= 4 is 0 Å². The molecular formula is C37H42O. The van der Waals surface area contributed by atoms with Gasteiger partial charge in [0, 0.05) is 0 Å². The first-order valence-corrected chi connectivity index (χ1v) is 14.3. The van der Waals surface area contributed by atoms with Crippen molar-refractivity contribution in [2.75, 3.05) is 6.61 Å². The quantitative estimate of drug-likeness (QED) is 0.195. The van der Waals surface area contributed by atoms with Crippen molar-refractivity contribution in [1.82, 2.24) is 0 Å². The third-order valence-corrected chi connectivity index (χ3v) is 9.09. The van der Waals surface area contributed by atoms with Gasteiger partial charge in [0.2, 0.25) is 0 Å². The van der Waals surface area contributed by atoms with E-state index in [0.717, 1.165) is 25.9 Å². The molecule has 0 radical (unpaired) electrons. The lowest BCUT2D eigenvalue weighted by Crippen LogP contribution is -2.31. The van der Waals surface area contributed by atoms with Crippen molar-refractivity contribution in [3.8, 4) is 11.1 Å². The first-order valence-electron chi connectivity index (χ1n) is 14.3. The fourth-order valence-electron chi connectivity index (χ4n) is 5.93. The Morgan fingerprint density at radius 1 is 0.605 bits per heavy atom. The molecule has 5 rings (SSSR count). The van der Waals surface area contributed by atoms with Crippen molar-refractivity contribution in [2.45, 2.75) is 71.8 Å². The summed E-state index contributed by atoms with van der Waals surface area (Å²) >= 11 is 0. The maximum absolute atomic E-state index is 6.63. The average molecular weight is 503 g/mol. The van der Waals surface area contributed by atoms with Crippen molar-refractivity contribution < 1.29 is 4.74 Å². The molecule has 1 nitrogen and oxygen atoms in total. The second kappa shape index (κ2) is 10.2. The van der Waals surface area contributed by atoms with Crippen LogP contribution in [-0.2, 0) is 22.2 Å². The number of benzene rings is 4. The van der Waals surface area contributed by atoms with E-state index in [2.05, 4.69) is 139 Å². The Labute approximate surface area is 229 Å². The van der Waals surface area contributed by atoms with E-state index >= 15 is 0 Å². The van der Waals surface area contributed by atoms with Gasteiger partial charge >= 0.3 is 0 Å². The standard InChI is InChI=1S/C37H42O/c1-7-27-18-20-29(21-19-27)37(33-16-12-10-14-31(33)32-15-11-13-17-34(32)37)30-24-22-28(23-25-30)36(6,9-3)38-26-35(4,5)8-2/h10-25H,7-9,26H2,1-6H3. The minimum Gasteiger partial charge on any atom is -0.370 e. The molecule has 0 spiro atoms. The molecule has 0 fully saturated rings. The average Bonchev–Trinajstić information content (AvgIpc) is 3.27. The monoisotopic (exact) mass is 502 g/mol. The highest BCUT2D eigenvalue weighted by atomic mass is 16.5. The highest BCUT2D eigenvalue weighted by molar-refractivity contribution is 5.86. The Morgan fingerprint density at radius 2 is 1.11 bits per heavy atom. The van der Waals surface area contributed by atoms with Gasteiger partial charge in [-0.15, -0.1) is 0 Å². The Hall–Kier alpha value is -3.16. The third kappa shape index (κ3) is 4.31. The normalized spacial score (nSPS) is 15.5. The lowest BCUT2D eigenvalue weighted by atomic mass is 9.67. The summed E-state index contributed by atoms with van der Waals surface area (Å²) in [6, 6.07) is 36.5. The van der Waals surface area contributed by atoms with Gasteiger partial charge in [-0.1, -0.05) is 132 Å². The molecule has 1 atom stereocenters. The van der Waals surface area contributed by atoms with Crippen LogP contribution in [-0.4, -0.2) is 6.61 Å². The van der Waals surface area contributed by atoms with Crippen LogP contribution in [0.15, 0.2) is 97.1 Å². The Morgan fingerprint density at radius 3 is 1.58 bits per heavy atom. The van der Waals surface area contributed by atoms with E-state index in [-0.39, 0.29) is 16.4 Å². The second-order valence-electron chi connectivity index (χ2n) is 11.9. The maximum atomic E-state index is 6.63. The SMILES string of the molecule is CCc1ccc(C2(c3ccc(C(C)(CC)OCC(C)(C)CC)cc3)c3ccccc3-c3ccccc32)cc1. The molecule has 4 aromatic rings. The summed E-state index contributed by atoms with van der Waals surface area (Å²) in [7, 11) is 0. The molecule has 0 amide bonds. The molecule has 1 unspecified atom stereocenters. The van der Waals surface area contributed by atoms with Crippen LogP contribution in [0.2, 0.25) is 0 Å². The van der Waals surface area contributed by atoms with E-state index in [0.29, 0.717) is 0 Å². The van der Waals surface area contributed by atoms with Crippen LogP contribution in [0.3, 0.4) is 0 Å². The third-order valence-electron chi connectivity index (χ3n) is 9.09. The number of ether oxygens (including phenoxy) is 1. The fourth-order valence-corrected chi connectivity index (χ4v) is 5.93. The Kier molecular flexibility index (Phi) is 7.09. The maximum Gasteiger partial charge on any atom is 0.0900 e. The van der Waals surface area contributed by atoms with Gasteiger partial charge < -0.3 is 4.74 Å². The molecule has 1 aliphatic carbocycles. The van der Waals surface area contributed by atoms with Gasteiger partial charge in [-0.25, -0.2) is 0 Å². The molecule has 38 heavy (non-hydrogen) atoms. The van der Waals surface area contributed by atoms with Crippen LogP contribution >= 0.6 is 0 Å². The van der Waals surface area contributed by atoms with Gasteiger partial charge in [-0.2, -0.15) is 0 Å². The molecule has 0 saturated heterocycles. The van der Waals surface area contributed by atoms with E-state index in [4.69, 9.17) is 4.74 Å². The van der Waals surface area contributed by atoms with Crippen molar-refractivity contribution in [1.29, 1.82) is 0 Å². The largest absolute Gasteiger partial charge is 0.370 e. The van der Waals surface area contributed by atoms with Gasteiger partial charge in [0.1, 0.15) is 0 Å². The smallest absolute Gasteiger partial charge is 0.0900 e. The zero-order chi connectivity index (χ0) is 27.0. The predicted molar refractivity (Wildman–Crippen MR) is 161 cm³/mol. The molecular weight excluding hydrogens is 460 g/mol. The molecule has 0 aliphatic heterocycles. The minimum atomic E-state index is -0.355. The molecule has 0 N–H and O–H groups in total. The lowest BCUT2D eigenvalue weighted by molar-refractivity contribution is -0.0739. The van der Waals surface area contributed by atoms with Gasteiger partial charge in [0.15, 0.2) is 0 Å². The first-order chi connectivity index (χ1) is 18.3. The van der Waals surface area contributed by atoms with Gasteiger partial charge in [-0.05, 0) is 76.1 Å². The summed E-state index contributed by atoms with van der Waals surface area (Å²) in [5, 5.41) is 0. The van der Waals surface area contributed by atoms with Crippen molar-refractivity contribution in [3.63, 3.8) is 0 Å². The van der Waals surface area contributed by atoms with Gasteiger partial charge in [0.25, 0.3) is 0 Å². The van der Waals surface area contributed by atoms with Gasteiger partial charge in [0.05, 0.1) is 17.6 Å². The summed E-state index contributed by atoms with van der Waals surface area (Å²) in [6.07, 6.45) is 3.07. The predicted octanol–water partition coefficient (Wildman–Crippen LogP) is 9.69. The zero-order valence-electron chi connectivity index (χ0n) is 24.0. The van der Waals surface area contributed by atoms with E-state index in [1.54, 1.807) is 0 Å². The van der Waals surface area contributed by atoms with E-state index in [1.807, 2.05) is 0 Å². The topological polar surface area (TPSA) is 9.23 Å². The molecule has 4 aromatic carbocycles. The van der Waals surface area contributed by atoms with Crippen LogP contribution in [0, 0.1) is 5.41 Å². The summed E-state index contributed by atoms with van der Waals surface area (Å²) in [5.41, 5.74) is 10.1. The number of hydrogen-bond donors (Lipinski definition) is 0. The van der Waals surface area contributed by atoms with Gasteiger partial charge in [-0.3, -0.25) is 0 Å². The molecule has 0 heterocycles. The van der Waals surface area contributed by atoms with Crippen LogP contribution in [0.25, 0.3) is 11.1 Å². The van der Waals surface area contributed by atoms with Crippen LogP contribution in [0.5, 0.6) is 0 Å². The van der Waals surface area contributed by atoms with Crippen LogP contribution < -0.4 is 0 Å². The van der Waals surface area contributed by atoms with E-state index in [9.17, 15) is 0 Å². The number of aryl methyl sites for hydroxylation is 1. The minimum absolute atomic E-state index is 0.169. The first kappa shape index (κ1) is 26.4. The molecule has 0 bridgehead atoms. The Bertz CT molecular complexity index is 1350. The summed E-state index contributed by atoms with van der Waals surface area (Å²) < 4.78 is 6.63. The van der Waals surface area contributed by atoms with E-state index < -0.39 is 0 Å². The zero-order valence-corrected chi connectivity index (χ0v) is 24.0. The summed E-state index contributed by atoms with van der Waals surface area (Å²) in [5.74, 6) is 0. The highest BCUT2D eigenvalue weighted by Gasteiger charge is 2.46. The number of hydrogen-bond acceptors (Lipinski definition) is 1. The van der Waals surface area contributed by atoms with Crippen LogP contribution in [0.1, 0.15) is 87.8 Å². The van der Waals surface area contributed by atoms with E-state index in [1.165, 1.54) is 44.5 Å². The molecule has 196 valence electrons. The molecule has 0 saturated carbocycles. The number of rotatable bonds is 9. The second-order valence-corrected chi connectivity index (χ2v) is 11.9. The highest BCUT2D eigenvalue weighted by Crippen LogP contribution is 2.56. The lowest BCUT2D eigenvalue weighted by Gasteiger charge is -2.36. The molecule has 1 aliphatic rings. The van der Waals surface area contributed by atoms with Crippen LogP contribution in [0.4, 0.5) is 0 Å². The van der Waals surface area contributed by atoms with Crippen molar-refractivity contribution in [2.24, 2.45) is 5.41 Å². The Balaban J connectivity index is 1.67. The molecule has 0 aromatic heterocycles. The number of fused-ring (bicyclic) bond motifs is 3. The fraction of sp³-hybridized carbons (Fsp3) is 0.351. The molecule has 1 heteroatoms. The van der Waals surface area contributed by atoms with Crippen molar-refractivity contribution in [3.05, 3.63) is 130 Å². The summed E-state index contributed by atoms with van der Waals surface area (Å²) in [6.45, 7) is 14.3. The summed E-state index contributed by atoms with van der Waals surface area (Å²) in [4.78, 5) is 0.